The summed E-state index contributed by atoms with van der Waals surface area (Å²) in [5.41, 5.74) is -3.61. The maximum Gasteiger partial charge on any atom is 0.494 e. The van der Waals surface area contributed by atoms with E-state index in [1.54, 1.807) is 34.6 Å². The topological polar surface area (TPSA) is 76.0 Å². The third kappa shape index (κ3) is 5.67. The van der Waals surface area contributed by atoms with Gasteiger partial charge in [0, 0.05) is 5.46 Å². The first-order valence-electron chi connectivity index (χ1n) is 7.86. The van der Waals surface area contributed by atoms with Gasteiger partial charge in [-0.1, -0.05) is 11.6 Å². The van der Waals surface area contributed by atoms with Gasteiger partial charge < -0.3 is 19.5 Å². The largest absolute Gasteiger partial charge is 0.494 e. The number of ether oxygens (including phenoxy) is 1. The molecule has 8 heteroatoms. The second-order valence-electron chi connectivity index (χ2n) is 7.89. The van der Waals surface area contributed by atoms with Crippen molar-refractivity contribution in [1.29, 1.82) is 0 Å². The molecule has 2 N–H and O–H groups in total. The summed E-state index contributed by atoms with van der Waals surface area (Å²) < 4.78 is 24.9. The second kappa shape index (κ2) is 7.23. The van der Waals surface area contributed by atoms with Crippen molar-refractivity contribution in [3.05, 3.63) is 28.5 Å². The van der Waals surface area contributed by atoms with Crippen LogP contribution in [0.1, 0.15) is 58.8 Å². The molecule has 1 rings (SSSR count). The highest BCUT2D eigenvalue weighted by molar-refractivity contribution is 6.60. The van der Waals surface area contributed by atoms with E-state index in [4.69, 9.17) is 21.0 Å². The van der Waals surface area contributed by atoms with Crippen LogP contribution in [0.5, 0.6) is 0 Å². The minimum absolute atomic E-state index is 0.0864. The van der Waals surface area contributed by atoms with Gasteiger partial charge in [-0.15, -0.1) is 0 Å². The zero-order valence-electron chi connectivity index (χ0n) is 15.6. The quantitative estimate of drug-likeness (QED) is 0.612. The van der Waals surface area contributed by atoms with Gasteiger partial charge in [-0.3, -0.25) is 0 Å². The first-order chi connectivity index (χ1) is 11.0. The van der Waals surface area contributed by atoms with E-state index in [1.807, 2.05) is 0 Å². The van der Waals surface area contributed by atoms with E-state index < -0.39 is 35.7 Å². The summed E-state index contributed by atoms with van der Waals surface area (Å²) >= 11 is 5.93. The normalized spacial score (nSPS) is 12.9. The minimum Gasteiger partial charge on any atom is -0.456 e. The van der Waals surface area contributed by atoms with Gasteiger partial charge in [-0.25, -0.2) is 9.18 Å². The van der Waals surface area contributed by atoms with E-state index in [1.165, 1.54) is 13.8 Å². The first-order valence-corrected chi connectivity index (χ1v) is 8.23. The maximum absolute atomic E-state index is 14.2. The fraction of sp³-hybridized carbons (Fsp3) is 0.588. The standard InChI is InChI=1S/C17H25BClFO5/c1-15(2,3)24-14(21)10-8-11(13(20)9-12(10)19)18(23)25-17(6,7)16(4,5)22/h8-9,22-23H,1-7H3. The molecule has 0 unspecified atom stereocenters. The van der Waals surface area contributed by atoms with Crippen molar-refractivity contribution in [2.75, 3.05) is 0 Å². The summed E-state index contributed by atoms with van der Waals surface area (Å²) in [4.78, 5) is 12.2. The van der Waals surface area contributed by atoms with Crippen LogP contribution in [0.4, 0.5) is 4.39 Å². The molecule has 0 saturated heterocycles. The SMILES string of the molecule is CC(C)(C)OC(=O)c1cc(B(O)OC(C)(C)C(C)(C)O)c(F)cc1Cl. The fourth-order valence-corrected chi connectivity index (χ4v) is 1.96. The summed E-state index contributed by atoms with van der Waals surface area (Å²) in [6, 6.07) is 2.01. The van der Waals surface area contributed by atoms with Gasteiger partial charge in [0.1, 0.15) is 11.4 Å². The fourth-order valence-electron chi connectivity index (χ4n) is 1.73. The summed E-state index contributed by atoms with van der Waals surface area (Å²) in [5.74, 6) is -1.58. The van der Waals surface area contributed by atoms with E-state index >= 15 is 0 Å². The molecule has 1 aromatic carbocycles. The highest BCUT2D eigenvalue weighted by Crippen LogP contribution is 2.26. The Balaban J connectivity index is 3.20. The molecule has 0 saturated carbocycles. The molecule has 0 amide bonds. The van der Waals surface area contributed by atoms with Crippen LogP contribution < -0.4 is 5.46 Å². The minimum atomic E-state index is -1.71. The molecule has 0 bridgehead atoms. The molecule has 0 aliphatic rings. The number of carbonyl (C=O) groups is 1. The van der Waals surface area contributed by atoms with Gasteiger partial charge in [0.2, 0.25) is 0 Å². The van der Waals surface area contributed by atoms with Crippen molar-refractivity contribution < 1.29 is 28.7 Å². The van der Waals surface area contributed by atoms with Crippen molar-refractivity contribution in [3.8, 4) is 0 Å². The number of aliphatic hydroxyl groups is 1. The summed E-state index contributed by atoms with van der Waals surface area (Å²) in [7, 11) is -1.71. The Morgan fingerprint density at radius 3 is 2.12 bits per heavy atom. The number of carbonyl (C=O) groups excluding carboxylic acids is 1. The average Bonchev–Trinajstić information content (AvgIpc) is 2.33. The van der Waals surface area contributed by atoms with Crippen molar-refractivity contribution in [3.63, 3.8) is 0 Å². The zero-order valence-corrected chi connectivity index (χ0v) is 16.4. The highest BCUT2D eigenvalue weighted by Gasteiger charge is 2.40. The lowest BCUT2D eigenvalue weighted by atomic mass is 9.75. The molecule has 140 valence electrons. The Morgan fingerprint density at radius 2 is 1.68 bits per heavy atom. The smallest absolute Gasteiger partial charge is 0.456 e. The predicted octanol–water partition coefficient (Wildman–Crippen LogP) is 2.69. The number of esters is 1. The molecule has 1 aromatic rings. The molecule has 0 aliphatic carbocycles. The molecule has 0 fully saturated rings. The predicted molar refractivity (Wildman–Crippen MR) is 95.6 cm³/mol. The molecule has 0 spiro atoms. The van der Waals surface area contributed by atoms with Crippen LogP contribution in [0.2, 0.25) is 5.02 Å². The van der Waals surface area contributed by atoms with Crippen molar-refractivity contribution in [2.45, 2.75) is 65.3 Å². The Kier molecular flexibility index (Phi) is 6.33. The summed E-state index contributed by atoms with van der Waals surface area (Å²) in [6.07, 6.45) is 0. The molecule has 0 radical (unpaired) electrons. The third-order valence-electron chi connectivity index (χ3n) is 3.85. The van der Waals surface area contributed by atoms with Gasteiger partial charge in [0.15, 0.2) is 0 Å². The van der Waals surface area contributed by atoms with Crippen molar-refractivity contribution in [2.24, 2.45) is 0 Å². The van der Waals surface area contributed by atoms with Gasteiger partial charge in [-0.2, -0.15) is 0 Å². The molecule has 0 aromatic heterocycles. The maximum atomic E-state index is 14.2. The number of hydrogen-bond acceptors (Lipinski definition) is 5. The molecule has 0 atom stereocenters. The van der Waals surface area contributed by atoms with Crippen LogP contribution in [0.15, 0.2) is 12.1 Å². The van der Waals surface area contributed by atoms with Crippen LogP contribution in [0, 0.1) is 5.82 Å². The average molecular weight is 375 g/mol. The lowest BCUT2D eigenvalue weighted by Gasteiger charge is -2.38. The lowest BCUT2D eigenvalue weighted by Crippen LogP contribution is -2.53. The van der Waals surface area contributed by atoms with Crippen LogP contribution in [0.3, 0.4) is 0 Å². The monoisotopic (exact) mass is 374 g/mol. The Hall–Kier alpha value is -1.15. The van der Waals surface area contributed by atoms with Crippen LogP contribution >= 0.6 is 11.6 Å². The number of halogens is 2. The van der Waals surface area contributed by atoms with E-state index in [0.717, 1.165) is 12.1 Å². The third-order valence-corrected chi connectivity index (χ3v) is 4.16. The van der Waals surface area contributed by atoms with Crippen LogP contribution in [0.25, 0.3) is 0 Å². The van der Waals surface area contributed by atoms with E-state index in [-0.39, 0.29) is 16.0 Å². The van der Waals surface area contributed by atoms with E-state index in [0.29, 0.717) is 0 Å². The van der Waals surface area contributed by atoms with Crippen molar-refractivity contribution in [1.82, 2.24) is 0 Å². The van der Waals surface area contributed by atoms with Gasteiger partial charge >= 0.3 is 13.1 Å². The molecule has 0 heterocycles. The Bertz CT molecular complexity index is 650. The summed E-state index contributed by atoms with van der Waals surface area (Å²) in [6.45, 7) is 11.2. The second-order valence-corrected chi connectivity index (χ2v) is 8.30. The van der Waals surface area contributed by atoms with E-state index in [2.05, 4.69) is 0 Å². The van der Waals surface area contributed by atoms with Gasteiger partial charge in [0.05, 0.1) is 21.8 Å². The van der Waals surface area contributed by atoms with E-state index in [9.17, 15) is 19.3 Å². The number of benzene rings is 1. The molecular formula is C17H25BClFO5. The molecular weight excluding hydrogens is 349 g/mol. The molecule has 25 heavy (non-hydrogen) atoms. The van der Waals surface area contributed by atoms with Crippen LogP contribution in [-0.4, -0.2) is 40.0 Å². The molecule has 5 nitrogen and oxygen atoms in total. The van der Waals surface area contributed by atoms with Gasteiger partial charge in [0.25, 0.3) is 0 Å². The number of hydrogen-bond donors (Lipinski definition) is 2. The Labute approximate surface area is 153 Å². The Morgan fingerprint density at radius 1 is 1.16 bits per heavy atom. The van der Waals surface area contributed by atoms with Crippen LogP contribution in [-0.2, 0) is 9.39 Å². The van der Waals surface area contributed by atoms with Gasteiger partial charge in [-0.05, 0) is 60.6 Å². The summed E-state index contributed by atoms with van der Waals surface area (Å²) in [5, 5.41) is 20.2. The zero-order chi connectivity index (χ0) is 19.8. The lowest BCUT2D eigenvalue weighted by molar-refractivity contribution is -0.0983. The molecule has 0 aliphatic heterocycles. The van der Waals surface area contributed by atoms with Crippen molar-refractivity contribution >= 4 is 30.2 Å². The highest BCUT2D eigenvalue weighted by atomic mass is 35.5. The first kappa shape index (κ1) is 21.9. The number of rotatable bonds is 5.